The van der Waals surface area contributed by atoms with Crippen LogP contribution < -0.4 is 16.1 Å². The number of nitrogens with zero attached hydrogens (tertiary/aromatic N) is 2. The lowest BCUT2D eigenvalue weighted by atomic mass is 10.2. The number of nitrogens with one attached hydrogen (secondary N) is 1. The lowest BCUT2D eigenvalue weighted by molar-refractivity contribution is -0.142. The van der Waals surface area contributed by atoms with Crippen LogP contribution >= 0.6 is 11.6 Å². The van der Waals surface area contributed by atoms with Crippen LogP contribution in [0, 0.1) is 0 Å². The van der Waals surface area contributed by atoms with E-state index in [0.717, 1.165) is 6.92 Å². The summed E-state index contributed by atoms with van der Waals surface area (Å²) in [6.07, 6.45) is 3.53. The second kappa shape index (κ2) is 5.19. The van der Waals surface area contributed by atoms with E-state index in [1.54, 1.807) is 17.0 Å². The number of benzene rings is 1. The summed E-state index contributed by atoms with van der Waals surface area (Å²) >= 11 is 6.19. The summed E-state index contributed by atoms with van der Waals surface area (Å²) in [5, 5.41) is 0.540. The number of carbonyl (C=O) groups is 1. The van der Waals surface area contributed by atoms with Crippen molar-refractivity contribution in [3.63, 3.8) is 0 Å². The first-order valence-electron chi connectivity index (χ1n) is 6.28. The number of hydrogen-bond acceptors (Lipinski definition) is 4. The minimum Gasteiger partial charge on any atom is -0.329 e. The topological polar surface area (TPSA) is 86.1 Å². The van der Waals surface area contributed by atoms with Crippen LogP contribution in [0.4, 0.5) is 0 Å². The summed E-state index contributed by atoms with van der Waals surface area (Å²) in [5.41, 5.74) is -0.756. The summed E-state index contributed by atoms with van der Waals surface area (Å²) < 4.78 is 2.11. The molecule has 22 heavy (non-hydrogen) atoms. The third-order valence-electron chi connectivity index (χ3n) is 3.03. The fourth-order valence-corrected chi connectivity index (χ4v) is 2.38. The van der Waals surface area contributed by atoms with Crippen molar-refractivity contribution in [2.75, 3.05) is 0 Å². The average Bonchev–Trinajstić information content (AvgIpc) is 2.96. The van der Waals surface area contributed by atoms with Crippen LogP contribution in [0.15, 0.2) is 46.2 Å². The number of halogens is 1. The van der Waals surface area contributed by atoms with Gasteiger partial charge in [0, 0.05) is 19.3 Å². The highest BCUT2D eigenvalue weighted by Gasteiger charge is 2.13. The summed E-state index contributed by atoms with van der Waals surface area (Å²) in [5.74, 6) is -0.772. The lowest BCUT2D eigenvalue weighted by Gasteiger charge is -2.09. The maximum absolute atomic E-state index is 12.3. The fraction of sp³-hybridized carbons (Fsp3) is 0.0714. The Morgan fingerprint density at radius 3 is 2.55 bits per heavy atom. The zero-order valence-corrected chi connectivity index (χ0v) is 12.1. The van der Waals surface area contributed by atoms with Crippen LogP contribution in [-0.4, -0.2) is 20.3 Å². The molecule has 0 aliphatic heterocycles. The highest BCUT2D eigenvalue weighted by Crippen LogP contribution is 2.24. The second-order valence-electron chi connectivity index (χ2n) is 4.55. The van der Waals surface area contributed by atoms with Gasteiger partial charge in [0.05, 0.1) is 21.6 Å². The first kappa shape index (κ1) is 14.2. The Hall–Kier alpha value is -2.80. The van der Waals surface area contributed by atoms with Crippen LogP contribution in [0.3, 0.4) is 0 Å². The minimum atomic E-state index is -0.850. The van der Waals surface area contributed by atoms with Gasteiger partial charge in [0.25, 0.3) is 5.56 Å². The van der Waals surface area contributed by atoms with Crippen molar-refractivity contribution in [1.29, 1.82) is 0 Å². The van der Waals surface area contributed by atoms with E-state index in [-0.39, 0.29) is 10.9 Å². The van der Waals surface area contributed by atoms with Gasteiger partial charge in [-0.1, -0.05) is 16.3 Å². The molecule has 2 heterocycles. The predicted octanol–water partition coefficient (Wildman–Crippen LogP) is 1.11. The zero-order chi connectivity index (χ0) is 15.9. The number of aromatic amines is 1. The van der Waals surface area contributed by atoms with Gasteiger partial charge in [-0.15, -0.1) is 0 Å². The number of H-pyrrole nitrogens is 1. The Morgan fingerprint density at radius 2 is 1.91 bits per heavy atom. The fourth-order valence-electron chi connectivity index (χ4n) is 2.11. The highest BCUT2D eigenvalue weighted by molar-refractivity contribution is 6.33. The van der Waals surface area contributed by atoms with E-state index in [1.165, 1.54) is 12.1 Å². The molecule has 1 N–H and O–H groups in total. The lowest BCUT2D eigenvalue weighted by Crippen LogP contribution is -2.41. The van der Waals surface area contributed by atoms with Gasteiger partial charge in [0.15, 0.2) is 0 Å². The molecule has 112 valence electrons. The molecule has 8 heteroatoms. The first-order valence-corrected chi connectivity index (χ1v) is 6.66. The van der Waals surface area contributed by atoms with E-state index in [0.29, 0.717) is 15.4 Å². The van der Waals surface area contributed by atoms with E-state index >= 15 is 0 Å². The normalized spacial score (nSPS) is 10.8. The Kier molecular flexibility index (Phi) is 3.34. The molecule has 0 saturated heterocycles. The van der Waals surface area contributed by atoms with E-state index in [9.17, 15) is 14.4 Å². The van der Waals surface area contributed by atoms with Gasteiger partial charge < -0.3 is 14.4 Å². The molecule has 3 rings (SSSR count). The van der Waals surface area contributed by atoms with Crippen molar-refractivity contribution in [2.45, 2.75) is 6.92 Å². The molecule has 0 aliphatic carbocycles. The maximum Gasteiger partial charge on any atom is 0.363 e. The van der Waals surface area contributed by atoms with Gasteiger partial charge in [-0.05, 0) is 24.3 Å². The van der Waals surface area contributed by atoms with Gasteiger partial charge in [-0.2, -0.15) is 0 Å². The Morgan fingerprint density at radius 1 is 1.23 bits per heavy atom. The van der Waals surface area contributed by atoms with Gasteiger partial charge in [-0.3, -0.25) is 4.79 Å². The molecule has 0 unspecified atom stereocenters. The number of fused-ring (bicyclic) bond motifs is 1. The number of rotatable bonds is 2. The van der Waals surface area contributed by atoms with Crippen molar-refractivity contribution >= 4 is 28.5 Å². The van der Waals surface area contributed by atoms with Crippen molar-refractivity contribution < 1.29 is 9.63 Å². The zero-order valence-electron chi connectivity index (χ0n) is 11.4. The Bertz CT molecular complexity index is 986. The molecular formula is C14H10ClN3O4. The first-order chi connectivity index (χ1) is 10.5. The summed E-state index contributed by atoms with van der Waals surface area (Å²) in [6.45, 7) is 1.10. The Labute approximate surface area is 128 Å². The molecule has 0 radical (unpaired) electrons. The van der Waals surface area contributed by atoms with Crippen LogP contribution in [0.1, 0.15) is 6.92 Å². The van der Waals surface area contributed by atoms with Crippen molar-refractivity contribution in [2.24, 2.45) is 0 Å². The molecule has 1 aromatic carbocycles. The third kappa shape index (κ3) is 2.31. The van der Waals surface area contributed by atoms with Gasteiger partial charge in [0.2, 0.25) is 0 Å². The number of hydrogen-bond donors (Lipinski definition) is 1. The molecule has 7 nitrogen and oxygen atoms in total. The largest absolute Gasteiger partial charge is 0.363 e. The third-order valence-corrected chi connectivity index (χ3v) is 3.33. The van der Waals surface area contributed by atoms with Crippen molar-refractivity contribution in [3.8, 4) is 5.69 Å². The van der Waals surface area contributed by atoms with Crippen molar-refractivity contribution in [1.82, 2.24) is 14.3 Å². The highest BCUT2D eigenvalue weighted by atomic mass is 35.5. The molecular weight excluding hydrogens is 310 g/mol. The van der Waals surface area contributed by atoms with E-state index in [4.69, 9.17) is 11.6 Å². The van der Waals surface area contributed by atoms with Crippen LogP contribution in [0.5, 0.6) is 0 Å². The molecule has 0 bridgehead atoms. The smallest absolute Gasteiger partial charge is 0.329 e. The number of aromatic nitrogens is 3. The van der Waals surface area contributed by atoms with E-state index < -0.39 is 17.2 Å². The summed E-state index contributed by atoms with van der Waals surface area (Å²) in [6, 6.07) is 6.62. The average molecular weight is 320 g/mol. The van der Waals surface area contributed by atoms with Gasteiger partial charge in [-0.25, -0.2) is 9.59 Å². The maximum atomic E-state index is 12.3. The quantitative estimate of drug-likeness (QED) is 0.766. The Balaban J connectivity index is 2.33. The predicted molar refractivity (Wildman–Crippen MR) is 80.4 cm³/mol. The molecule has 0 amide bonds. The molecule has 0 fully saturated rings. The standard InChI is InChI=1S/C14H10ClN3O4/c1-8(19)22-18-13(20)9-6-12(17-4-2-3-5-17)10(15)7-11(9)16-14(18)21/h2-7H,1H3,(H,16,21). The van der Waals surface area contributed by atoms with E-state index in [1.807, 2.05) is 12.1 Å². The monoisotopic (exact) mass is 319 g/mol. The van der Waals surface area contributed by atoms with Gasteiger partial charge >= 0.3 is 11.7 Å². The summed E-state index contributed by atoms with van der Waals surface area (Å²) in [4.78, 5) is 42.2. The van der Waals surface area contributed by atoms with Crippen molar-refractivity contribution in [3.05, 3.63) is 62.5 Å². The molecule has 0 spiro atoms. The molecule has 0 atom stereocenters. The van der Waals surface area contributed by atoms with Gasteiger partial charge in [0.1, 0.15) is 0 Å². The number of carbonyl (C=O) groups excluding carboxylic acids is 1. The molecule has 3 aromatic rings. The van der Waals surface area contributed by atoms with E-state index in [2.05, 4.69) is 9.82 Å². The molecule has 0 saturated carbocycles. The van der Waals surface area contributed by atoms with Crippen LogP contribution in [0.25, 0.3) is 16.6 Å². The SMILES string of the molecule is CC(=O)On1c(=O)[nH]c2cc(Cl)c(-n3cccc3)cc2c1=O. The second-order valence-corrected chi connectivity index (χ2v) is 4.96. The van der Waals surface area contributed by atoms with Crippen LogP contribution in [0.2, 0.25) is 5.02 Å². The van der Waals surface area contributed by atoms with Crippen LogP contribution in [-0.2, 0) is 4.79 Å². The molecule has 0 aliphatic rings. The molecule has 2 aromatic heterocycles. The summed E-state index contributed by atoms with van der Waals surface area (Å²) in [7, 11) is 0. The minimum absolute atomic E-state index is 0.175.